The Morgan fingerprint density at radius 1 is 1.45 bits per heavy atom. The van der Waals surface area contributed by atoms with Crippen LogP contribution in [0.15, 0.2) is 16.5 Å². The van der Waals surface area contributed by atoms with Crippen LogP contribution in [0.3, 0.4) is 0 Å². The lowest BCUT2D eigenvalue weighted by molar-refractivity contribution is -0.119. The van der Waals surface area contributed by atoms with Gasteiger partial charge in [-0.3, -0.25) is 4.79 Å². The number of amides is 1. The molecule has 0 aliphatic rings. The van der Waals surface area contributed by atoms with Crippen molar-refractivity contribution in [3.05, 3.63) is 23.7 Å². The molecule has 1 unspecified atom stereocenters. The molecule has 1 aromatic rings. The summed E-state index contributed by atoms with van der Waals surface area (Å²) >= 11 is 0.477. The van der Waals surface area contributed by atoms with Crippen LogP contribution >= 0.6 is 11.8 Å². The molecule has 0 aliphatic carbocycles. The lowest BCUT2D eigenvalue weighted by atomic mass is 10.0. The lowest BCUT2D eigenvalue weighted by Gasteiger charge is -2.21. The maximum Gasteiger partial charge on any atom is 0.397 e. The number of halogens is 3. The molecule has 1 amide bonds. The van der Waals surface area contributed by atoms with E-state index in [1.54, 1.807) is 19.1 Å². The summed E-state index contributed by atoms with van der Waals surface area (Å²) < 4.78 is 41.0. The molecule has 8 heteroatoms. The molecule has 1 heterocycles. The SMILES string of the molecule is Cc1ccc(C(C)(O)CNC(=O)CSCC(F)(F)F)o1. The second-order valence-electron chi connectivity index (χ2n) is 4.57. The maximum atomic E-state index is 11.9. The lowest BCUT2D eigenvalue weighted by Crippen LogP contribution is -2.39. The maximum absolute atomic E-state index is 11.9. The van der Waals surface area contributed by atoms with Crippen LogP contribution in [0.2, 0.25) is 0 Å². The Balaban J connectivity index is 2.37. The number of aliphatic hydroxyl groups is 1. The van der Waals surface area contributed by atoms with Gasteiger partial charge in [0.2, 0.25) is 5.91 Å². The van der Waals surface area contributed by atoms with Crippen LogP contribution in [-0.2, 0) is 10.4 Å². The van der Waals surface area contributed by atoms with Gasteiger partial charge in [-0.15, -0.1) is 11.8 Å². The highest BCUT2D eigenvalue weighted by atomic mass is 32.2. The first-order valence-electron chi connectivity index (χ1n) is 5.81. The predicted molar refractivity (Wildman–Crippen MR) is 69.4 cm³/mol. The molecule has 0 fully saturated rings. The molecule has 0 aromatic carbocycles. The van der Waals surface area contributed by atoms with Gasteiger partial charge < -0.3 is 14.8 Å². The number of aryl methyl sites for hydroxylation is 1. The van der Waals surface area contributed by atoms with E-state index in [1.165, 1.54) is 6.92 Å². The summed E-state index contributed by atoms with van der Waals surface area (Å²) in [5.74, 6) is -1.05. The molecule has 4 nitrogen and oxygen atoms in total. The minimum Gasteiger partial charge on any atom is -0.463 e. The third-order valence-corrected chi connectivity index (χ3v) is 3.40. The van der Waals surface area contributed by atoms with Crippen LogP contribution in [0.5, 0.6) is 0 Å². The van der Waals surface area contributed by atoms with Crippen molar-refractivity contribution in [3.63, 3.8) is 0 Å². The van der Waals surface area contributed by atoms with Gasteiger partial charge in [0.15, 0.2) is 0 Å². The Bertz CT molecular complexity index is 457. The topological polar surface area (TPSA) is 62.5 Å². The molecule has 0 radical (unpaired) electrons. The fraction of sp³-hybridized carbons (Fsp3) is 0.583. The summed E-state index contributed by atoms with van der Waals surface area (Å²) in [4.78, 5) is 11.4. The number of furan rings is 1. The van der Waals surface area contributed by atoms with Gasteiger partial charge in [-0.05, 0) is 26.0 Å². The van der Waals surface area contributed by atoms with E-state index in [9.17, 15) is 23.1 Å². The summed E-state index contributed by atoms with van der Waals surface area (Å²) in [5, 5.41) is 12.5. The standard InChI is InChI=1S/C12H16F3NO3S/c1-8-3-4-9(19-8)11(2,18)6-16-10(17)5-20-7-12(13,14)15/h3-4,18H,5-7H2,1-2H3,(H,16,17). The third-order valence-electron chi connectivity index (χ3n) is 2.40. The Morgan fingerprint density at radius 3 is 2.60 bits per heavy atom. The average Bonchev–Trinajstić information content (AvgIpc) is 2.72. The average molecular weight is 311 g/mol. The van der Waals surface area contributed by atoms with Gasteiger partial charge in [-0.1, -0.05) is 0 Å². The van der Waals surface area contributed by atoms with Crippen LogP contribution in [0.4, 0.5) is 13.2 Å². The molecule has 20 heavy (non-hydrogen) atoms. The number of hydrogen-bond acceptors (Lipinski definition) is 4. The second kappa shape index (κ2) is 6.53. The second-order valence-corrected chi connectivity index (χ2v) is 5.55. The number of carbonyl (C=O) groups is 1. The number of rotatable bonds is 6. The highest BCUT2D eigenvalue weighted by Gasteiger charge is 2.29. The van der Waals surface area contributed by atoms with Crippen molar-refractivity contribution in [1.29, 1.82) is 0 Å². The molecule has 0 bridgehead atoms. The van der Waals surface area contributed by atoms with E-state index in [4.69, 9.17) is 4.42 Å². The van der Waals surface area contributed by atoms with Crippen molar-refractivity contribution < 1.29 is 27.5 Å². The van der Waals surface area contributed by atoms with Gasteiger partial charge in [0.05, 0.1) is 18.1 Å². The van der Waals surface area contributed by atoms with Gasteiger partial charge in [0.1, 0.15) is 17.1 Å². The van der Waals surface area contributed by atoms with E-state index in [2.05, 4.69) is 5.32 Å². The summed E-state index contributed by atoms with van der Waals surface area (Å²) in [7, 11) is 0. The third kappa shape index (κ3) is 5.87. The van der Waals surface area contributed by atoms with Crippen molar-refractivity contribution in [2.45, 2.75) is 25.6 Å². The van der Waals surface area contributed by atoms with Crippen LogP contribution in [-0.4, -0.2) is 35.2 Å². The van der Waals surface area contributed by atoms with E-state index in [0.717, 1.165) is 0 Å². The van der Waals surface area contributed by atoms with Gasteiger partial charge in [-0.2, -0.15) is 13.2 Å². The van der Waals surface area contributed by atoms with E-state index in [0.29, 0.717) is 23.3 Å². The van der Waals surface area contributed by atoms with Crippen molar-refractivity contribution in [2.75, 3.05) is 18.1 Å². The van der Waals surface area contributed by atoms with E-state index in [-0.39, 0.29) is 12.3 Å². The normalized spacial score (nSPS) is 14.9. The summed E-state index contributed by atoms with van der Waals surface area (Å²) in [5.41, 5.74) is -1.40. The van der Waals surface area contributed by atoms with Crippen molar-refractivity contribution in [1.82, 2.24) is 5.32 Å². The van der Waals surface area contributed by atoms with Crippen molar-refractivity contribution in [2.24, 2.45) is 0 Å². The highest BCUT2D eigenvalue weighted by molar-refractivity contribution is 8.00. The monoisotopic (exact) mass is 311 g/mol. The fourth-order valence-corrected chi connectivity index (χ4v) is 2.01. The zero-order valence-corrected chi connectivity index (χ0v) is 11.9. The van der Waals surface area contributed by atoms with Crippen LogP contribution in [0.25, 0.3) is 0 Å². The molecule has 0 saturated carbocycles. The Kier molecular flexibility index (Phi) is 5.52. The van der Waals surface area contributed by atoms with E-state index >= 15 is 0 Å². The van der Waals surface area contributed by atoms with Gasteiger partial charge in [0.25, 0.3) is 0 Å². The number of hydrogen-bond donors (Lipinski definition) is 2. The van der Waals surface area contributed by atoms with E-state index in [1.807, 2.05) is 0 Å². The largest absolute Gasteiger partial charge is 0.463 e. The highest BCUT2D eigenvalue weighted by Crippen LogP contribution is 2.22. The molecule has 1 atom stereocenters. The summed E-state index contributed by atoms with van der Waals surface area (Å²) in [6.45, 7) is 3.03. The Hall–Kier alpha value is -1.15. The molecule has 1 aromatic heterocycles. The summed E-state index contributed by atoms with van der Waals surface area (Å²) in [6.07, 6.45) is -4.29. The molecule has 0 saturated heterocycles. The quantitative estimate of drug-likeness (QED) is 0.845. The fourth-order valence-electron chi connectivity index (χ4n) is 1.39. The molecular formula is C12H16F3NO3S. The van der Waals surface area contributed by atoms with E-state index < -0.39 is 23.4 Å². The number of carbonyl (C=O) groups excluding carboxylic acids is 1. The van der Waals surface area contributed by atoms with Gasteiger partial charge in [-0.25, -0.2) is 0 Å². The zero-order valence-electron chi connectivity index (χ0n) is 11.1. The number of thioether (sulfide) groups is 1. The predicted octanol–water partition coefficient (Wildman–Crippen LogP) is 2.21. The minimum atomic E-state index is -4.29. The first-order chi connectivity index (χ1) is 9.10. The molecular weight excluding hydrogens is 295 g/mol. The molecule has 114 valence electrons. The van der Waals surface area contributed by atoms with Crippen molar-refractivity contribution in [3.8, 4) is 0 Å². The number of alkyl halides is 3. The molecule has 0 aliphatic heterocycles. The molecule has 2 N–H and O–H groups in total. The van der Waals surface area contributed by atoms with Crippen LogP contribution in [0.1, 0.15) is 18.4 Å². The molecule has 0 spiro atoms. The Morgan fingerprint density at radius 2 is 2.10 bits per heavy atom. The van der Waals surface area contributed by atoms with Crippen LogP contribution in [0, 0.1) is 6.92 Å². The molecule has 1 rings (SSSR count). The van der Waals surface area contributed by atoms with Crippen molar-refractivity contribution >= 4 is 17.7 Å². The van der Waals surface area contributed by atoms with Crippen LogP contribution < -0.4 is 5.32 Å². The first kappa shape index (κ1) is 16.9. The smallest absolute Gasteiger partial charge is 0.397 e. The van der Waals surface area contributed by atoms with Gasteiger partial charge >= 0.3 is 6.18 Å². The number of nitrogens with one attached hydrogen (secondary N) is 1. The Labute approximate surface area is 118 Å². The minimum absolute atomic E-state index is 0.134. The van der Waals surface area contributed by atoms with Gasteiger partial charge in [0, 0.05) is 0 Å². The zero-order chi connectivity index (χ0) is 15.4. The first-order valence-corrected chi connectivity index (χ1v) is 6.96. The summed E-state index contributed by atoms with van der Waals surface area (Å²) in [6, 6.07) is 3.25.